The molecular weight excluding hydrogens is 466 g/mol. The molecule has 34 heavy (non-hydrogen) atoms. The number of nitrogens with two attached hydrogens (primary N) is 2. The maximum absolute atomic E-state index is 13.1. The number of carboxylic acid groups (broad SMARTS) is 1. The first-order chi connectivity index (χ1) is 16.0. The largest absolute Gasteiger partial charge is 0.493 e. The molecule has 2 aromatic carbocycles. The maximum Gasteiger partial charge on any atom is 0.323 e. The molecule has 0 aliphatic rings. The Hall–Kier alpha value is -3.58. The average Bonchev–Trinajstić information content (AvgIpc) is 2.78. The highest BCUT2D eigenvalue weighted by atomic mass is 32.2. The molecule has 1 atom stereocenters. The van der Waals surface area contributed by atoms with Crippen LogP contribution in [0.2, 0.25) is 0 Å². The number of benzene rings is 2. The Balaban J connectivity index is 2.35. The Morgan fingerprint density at radius 3 is 2.29 bits per heavy atom. The number of hydrogen-bond donors (Lipinski definition) is 4. The number of ether oxygens (including phenoxy) is 2. The second-order valence-corrected chi connectivity index (χ2v) is 9.14. The number of nitrogens with one attached hydrogen (secondary N) is 1. The van der Waals surface area contributed by atoms with Crippen LogP contribution in [0.3, 0.4) is 0 Å². The van der Waals surface area contributed by atoms with Gasteiger partial charge in [-0.3, -0.25) is 14.6 Å². The van der Waals surface area contributed by atoms with E-state index in [1.807, 2.05) is 0 Å². The number of methoxy groups -OCH3 is 2. The number of rotatable bonds is 12. The number of sulfonamides is 1. The van der Waals surface area contributed by atoms with Gasteiger partial charge >= 0.3 is 5.97 Å². The summed E-state index contributed by atoms with van der Waals surface area (Å²) in [4.78, 5) is 28.5. The third kappa shape index (κ3) is 6.96. The fourth-order valence-electron chi connectivity index (χ4n) is 3.26. The van der Waals surface area contributed by atoms with Crippen LogP contribution in [0.5, 0.6) is 11.5 Å². The number of amides is 1. The predicted octanol–water partition coefficient (Wildman–Crippen LogP) is 0.101. The van der Waals surface area contributed by atoms with Gasteiger partial charge in [0.15, 0.2) is 17.5 Å². The van der Waals surface area contributed by atoms with Gasteiger partial charge in [-0.1, -0.05) is 6.07 Å². The van der Waals surface area contributed by atoms with Crippen LogP contribution in [0.25, 0.3) is 10.8 Å². The van der Waals surface area contributed by atoms with Crippen molar-refractivity contribution in [2.45, 2.75) is 23.8 Å². The highest BCUT2D eigenvalue weighted by Gasteiger charge is 2.28. The number of likely N-dealkylation sites (N-methyl/N-ethyl adjacent to an activating group) is 1. The average molecular weight is 496 g/mol. The highest BCUT2D eigenvalue weighted by molar-refractivity contribution is 7.89. The summed E-state index contributed by atoms with van der Waals surface area (Å²) in [5.74, 6) is -1.12. The van der Waals surface area contributed by atoms with Crippen molar-refractivity contribution in [2.24, 2.45) is 16.5 Å². The smallest absolute Gasteiger partial charge is 0.323 e. The summed E-state index contributed by atoms with van der Waals surface area (Å²) in [5, 5.41) is 10.3. The number of carbonyl (C=O) groups excluding carboxylic acids is 1. The summed E-state index contributed by atoms with van der Waals surface area (Å²) < 4.78 is 39.2. The molecule has 0 saturated heterocycles. The topological polar surface area (TPSA) is 187 Å². The first-order valence-corrected chi connectivity index (χ1v) is 11.7. The van der Waals surface area contributed by atoms with Crippen molar-refractivity contribution in [1.29, 1.82) is 0 Å². The fourth-order valence-corrected chi connectivity index (χ4v) is 4.52. The summed E-state index contributed by atoms with van der Waals surface area (Å²) in [6.45, 7) is -0.406. The lowest BCUT2D eigenvalue weighted by Gasteiger charge is -2.23. The van der Waals surface area contributed by atoms with E-state index in [-0.39, 0.29) is 30.2 Å². The van der Waals surface area contributed by atoms with E-state index in [0.717, 1.165) is 10.3 Å². The van der Waals surface area contributed by atoms with Crippen molar-refractivity contribution in [2.75, 3.05) is 34.4 Å². The minimum absolute atomic E-state index is 0.0530. The van der Waals surface area contributed by atoms with Gasteiger partial charge < -0.3 is 30.9 Å². The van der Waals surface area contributed by atoms with Gasteiger partial charge in [-0.25, -0.2) is 8.42 Å². The molecule has 0 aliphatic heterocycles. The Kier molecular flexibility index (Phi) is 9.04. The van der Waals surface area contributed by atoms with Crippen LogP contribution in [0.4, 0.5) is 0 Å². The Morgan fingerprint density at radius 1 is 1.12 bits per heavy atom. The second kappa shape index (κ2) is 11.5. The SMILES string of the molecule is COc1cc2ccc(S(=O)(=O)NC(CCCN=C(N)N)C(=O)N(C)CC(=O)O)cc2cc1OC. The van der Waals surface area contributed by atoms with E-state index in [1.54, 1.807) is 18.2 Å². The zero-order chi connectivity index (χ0) is 25.5. The normalized spacial score (nSPS) is 12.1. The van der Waals surface area contributed by atoms with E-state index in [1.165, 1.54) is 33.4 Å². The van der Waals surface area contributed by atoms with E-state index in [2.05, 4.69) is 9.71 Å². The molecule has 0 radical (unpaired) electrons. The maximum atomic E-state index is 13.1. The predicted molar refractivity (Wildman–Crippen MR) is 126 cm³/mol. The van der Waals surface area contributed by atoms with Crippen molar-refractivity contribution < 1.29 is 32.6 Å². The highest BCUT2D eigenvalue weighted by Crippen LogP contribution is 2.33. The van der Waals surface area contributed by atoms with Gasteiger partial charge in [-0.15, -0.1) is 0 Å². The summed E-state index contributed by atoms with van der Waals surface area (Å²) in [6.07, 6.45) is 0.337. The molecule has 1 unspecified atom stereocenters. The van der Waals surface area contributed by atoms with Gasteiger partial charge in [-0.05, 0) is 47.9 Å². The van der Waals surface area contributed by atoms with Crippen molar-refractivity contribution in [3.8, 4) is 11.5 Å². The first kappa shape index (κ1) is 26.7. The second-order valence-electron chi connectivity index (χ2n) is 7.43. The molecule has 6 N–H and O–H groups in total. The molecular formula is C21H29N5O7S. The van der Waals surface area contributed by atoms with Crippen molar-refractivity contribution in [1.82, 2.24) is 9.62 Å². The van der Waals surface area contributed by atoms with Crippen LogP contribution in [-0.2, 0) is 19.6 Å². The van der Waals surface area contributed by atoms with Crippen LogP contribution < -0.4 is 25.7 Å². The lowest BCUT2D eigenvalue weighted by molar-refractivity contribution is -0.144. The number of guanidine groups is 1. The number of aliphatic carboxylic acids is 1. The van der Waals surface area contributed by atoms with E-state index >= 15 is 0 Å². The lowest BCUT2D eigenvalue weighted by Crippen LogP contribution is -2.48. The molecule has 2 aromatic rings. The zero-order valence-corrected chi connectivity index (χ0v) is 20.0. The fraction of sp³-hybridized carbons (Fsp3) is 0.381. The number of aliphatic imine (C=N–C) groups is 1. The van der Waals surface area contributed by atoms with Crippen LogP contribution in [0.15, 0.2) is 40.2 Å². The van der Waals surface area contributed by atoms with Gasteiger partial charge in [0.05, 0.1) is 19.1 Å². The Labute approximate surface area is 197 Å². The van der Waals surface area contributed by atoms with Gasteiger partial charge in [0.1, 0.15) is 12.6 Å². The molecule has 0 aromatic heterocycles. The first-order valence-electron chi connectivity index (χ1n) is 10.2. The zero-order valence-electron chi connectivity index (χ0n) is 19.1. The standard InChI is InChI=1S/C21H29N5O7S/c1-26(12-19(27)28)20(29)16(5-4-8-24-21(22)23)25-34(30,31)15-7-6-13-10-17(32-2)18(33-3)11-14(13)9-15/h6-7,9-11,16,25H,4-5,8,12H2,1-3H3,(H,27,28)(H4,22,23,24). The van der Waals surface area contributed by atoms with E-state index in [4.69, 9.17) is 26.0 Å². The molecule has 0 spiro atoms. The molecule has 0 aliphatic carbocycles. The molecule has 0 fully saturated rings. The molecule has 12 nitrogen and oxygen atoms in total. The van der Waals surface area contributed by atoms with Crippen molar-refractivity contribution in [3.05, 3.63) is 30.3 Å². The molecule has 186 valence electrons. The molecule has 1 amide bonds. The minimum Gasteiger partial charge on any atom is -0.493 e. The number of carboxylic acids is 1. The van der Waals surface area contributed by atoms with Crippen LogP contribution >= 0.6 is 0 Å². The van der Waals surface area contributed by atoms with Crippen LogP contribution in [0, 0.1) is 0 Å². The van der Waals surface area contributed by atoms with Crippen LogP contribution in [0.1, 0.15) is 12.8 Å². The molecule has 0 bridgehead atoms. The quantitative estimate of drug-likeness (QED) is 0.180. The summed E-state index contributed by atoms with van der Waals surface area (Å²) in [5.41, 5.74) is 10.6. The van der Waals surface area contributed by atoms with Crippen molar-refractivity contribution in [3.63, 3.8) is 0 Å². The van der Waals surface area contributed by atoms with Gasteiger partial charge in [0.25, 0.3) is 0 Å². The van der Waals surface area contributed by atoms with E-state index < -0.39 is 34.5 Å². The molecule has 0 heterocycles. The van der Waals surface area contributed by atoms with Gasteiger partial charge in [0.2, 0.25) is 15.9 Å². The third-order valence-corrected chi connectivity index (χ3v) is 6.38. The summed E-state index contributed by atoms with van der Waals surface area (Å²) in [6, 6.07) is 6.60. The number of carbonyl (C=O) groups is 2. The Bertz CT molecular complexity index is 1180. The molecule has 0 saturated carbocycles. The lowest BCUT2D eigenvalue weighted by atomic mass is 10.1. The number of hydrogen-bond acceptors (Lipinski definition) is 7. The number of fused-ring (bicyclic) bond motifs is 1. The van der Waals surface area contributed by atoms with Crippen LogP contribution in [-0.4, -0.2) is 76.7 Å². The minimum atomic E-state index is -4.15. The van der Waals surface area contributed by atoms with Gasteiger partial charge in [-0.2, -0.15) is 4.72 Å². The van der Waals surface area contributed by atoms with E-state index in [0.29, 0.717) is 16.9 Å². The molecule has 13 heteroatoms. The van der Waals surface area contributed by atoms with Gasteiger partial charge in [0, 0.05) is 13.6 Å². The third-order valence-electron chi connectivity index (χ3n) is 4.91. The summed E-state index contributed by atoms with van der Waals surface area (Å²) >= 11 is 0. The van der Waals surface area contributed by atoms with E-state index in [9.17, 15) is 18.0 Å². The Morgan fingerprint density at radius 2 is 1.74 bits per heavy atom. The monoisotopic (exact) mass is 495 g/mol. The number of nitrogens with zero attached hydrogens (tertiary/aromatic N) is 2. The molecule has 2 rings (SSSR count). The summed E-state index contributed by atoms with van der Waals surface area (Å²) in [7, 11) is 0.101. The van der Waals surface area contributed by atoms with Crippen molar-refractivity contribution >= 4 is 38.6 Å².